The number of amides is 1. The number of hydrogen-bond donors (Lipinski definition) is 2. The van der Waals surface area contributed by atoms with Gasteiger partial charge in [0.25, 0.3) is 11.5 Å². The first-order chi connectivity index (χ1) is 14.0. The molecule has 2 heterocycles. The molecule has 2 aromatic heterocycles. The van der Waals surface area contributed by atoms with Crippen LogP contribution in [0.5, 0.6) is 0 Å². The molecule has 0 atom stereocenters. The zero-order chi connectivity index (χ0) is 20.4. The van der Waals surface area contributed by atoms with E-state index in [1.165, 1.54) is 0 Å². The number of benzene rings is 2. The zero-order valence-electron chi connectivity index (χ0n) is 16.1. The molecule has 0 fully saturated rings. The molecule has 0 aliphatic rings. The fourth-order valence-corrected chi connectivity index (χ4v) is 3.19. The van der Waals surface area contributed by atoms with Crippen LogP contribution in [-0.4, -0.2) is 20.7 Å². The van der Waals surface area contributed by atoms with Crippen molar-refractivity contribution in [2.24, 2.45) is 0 Å². The molecule has 0 spiro atoms. The Morgan fingerprint density at radius 2 is 1.83 bits per heavy atom. The predicted molar refractivity (Wildman–Crippen MR) is 113 cm³/mol. The first-order valence-corrected chi connectivity index (χ1v) is 9.24. The van der Waals surface area contributed by atoms with Crippen LogP contribution in [0.15, 0.2) is 77.7 Å². The second kappa shape index (κ2) is 7.59. The number of carbonyl (C=O) groups is 1. The van der Waals surface area contributed by atoms with Crippen LogP contribution >= 0.6 is 0 Å². The molecule has 0 saturated heterocycles. The highest BCUT2D eigenvalue weighted by Gasteiger charge is 2.13. The van der Waals surface area contributed by atoms with Crippen molar-refractivity contribution >= 4 is 11.6 Å². The van der Waals surface area contributed by atoms with E-state index in [4.69, 9.17) is 0 Å². The summed E-state index contributed by atoms with van der Waals surface area (Å²) in [7, 11) is 0. The Labute approximate surface area is 167 Å². The summed E-state index contributed by atoms with van der Waals surface area (Å²) in [5.74, 6) is -0.462. The molecule has 0 saturated carbocycles. The zero-order valence-corrected chi connectivity index (χ0v) is 16.1. The lowest BCUT2D eigenvalue weighted by Gasteiger charge is -2.09. The van der Waals surface area contributed by atoms with Gasteiger partial charge in [0.05, 0.1) is 5.69 Å². The van der Waals surface area contributed by atoms with Crippen molar-refractivity contribution in [3.63, 3.8) is 0 Å². The second-order valence-electron chi connectivity index (χ2n) is 6.87. The van der Waals surface area contributed by atoms with Gasteiger partial charge in [-0.3, -0.25) is 9.59 Å². The highest BCUT2D eigenvalue weighted by molar-refractivity contribution is 6.04. The van der Waals surface area contributed by atoms with Crippen LogP contribution in [0.1, 0.15) is 21.6 Å². The number of anilines is 1. The number of aromatic amines is 1. The van der Waals surface area contributed by atoms with Gasteiger partial charge in [0.15, 0.2) is 0 Å². The molecule has 0 aliphatic heterocycles. The number of rotatable bonds is 4. The fourth-order valence-electron chi connectivity index (χ4n) is 3.19. The van der Waals surface area contributed by atoms with Gasteiger partial charge in [0.1, 0.15) is 5.56 Å². The van der Waals surface area contributed by atoms with E-state index in [0.29, 0.717) is 11.4 Å². The summed E-state index contributed by atoms with van der Waals surface area (Å²) < 4.78 is 1.78. The minimum atomic E-state index is -0.462. The molecule has 144 valence electrons. The van der Waals surface area contributed by atoms with E-state index in [1.807, 2.05) is 62.4 Å². The number of nitrogens with one attached hydrogen (secondary N) is 2. The van der Waals surface area contributed by atoms with E-state index >= 15 is 0 Å². The lowest BCUT2D eigenvalue weighted by atomic mass is 10.1. The van der Waals surface area contributed by atoms with Crippen LogP contribution in [0.2, 0.25) is 0 Å². The standard InChI is InChI=1S/C23H20N4O2/c1-15-5-3-6-17(13-15)21-10-9-20(23(29)26-21)22(28)25-18-7-4-8-19(14-18)27-16(2)11-12-24-27/h3-14H,1-2H3,(H,25,28)(H,26,29). The normalized spacial score (nSPS) is 10.7. The molecule has 2 aromatic carbocycles. The average molecular weight is 384 g/mol. The van der Waals surface area contributed by atoms with E-state index in [-0.39, 0.29) is 5.56 Å². The largest absolute Gasteiger partial charge is 0.322 e. The third-order valence-corrected chi connectivity index (χ3v) is 4.66. The van der Waals surface area contributed by atoms with Crippen LogP contribution in [0, 0.1) is 13.8 Å². The average Bonchev–Trinajstić information content (AvgIpc) is 3.14. The van der Waals surface area contributed by atoms with Gasteiger partial charge in [0, 0.05) is 23.3 Å². The number of H-pyrrole nitrogens is 1. The number of aromatic nitrogens is 3. The smallest absolute Gasteiger partial charge is 0.261 e. The first kappa shape index (κ1) is 18.4. The first-order valence-electron chi connectivity index (χ1n) is 9.24. The Morgan fingerprint density at radius 1 is 1.00 bits per heavy atom. The van der Waals surface area contributed by atoms with Crippen LogP contribution in [0.25, 0.3) is 16.9 Å². The third-order valence-electron chi connectivity index (χ3n) is 4.66. The highest BCUT2D eigenvalue weighted by Crippen LogP contribution is 2.18. The van der Waals surface area contributed by atoms with E-state index < -0.39 is 11.5 Å². The summed E-state index contributed by atoms with van der Waals surface area (Å²) in [5, 5.41) is 7.06. The highest BCUT2D eigenvalue weighted by atomic mass is 16.2. The van der Waals surface area contributed by atoms with Gasteiger partial charge in [-0.2, -0.15) is 5.10 Å². The van der Waals surface area contributed by atoms with Crippen LogP contribution in [0.4, 0.5) is 5.69 Å². The number of aryl methyl sites for hydroxylation is 2. The van der Waals surface area contributed by atoms with E-state index in [1.54, 1.807) is 29.1 Å². The Balaban J connectivity index is 1.58. The summed E-state index contributed by atoms with van der Waals surface area (Å²) in [5.41, 5.74) is 4.69. The molecular weight excluding hydrogens is 364 g/mol. The monoisotopic (exact) mass is 384 g/mol. The molecule has 0 aliphatic carbocycles. The molecule has 29 heavy (non-hydrogen) atoms. The molecule has 2 N–H and O–H groups in total. The Morgan fingerprint density at radius 3 is 2.55 bits per heavy atom. The van der Waals surface area contributed by atoms with E-state index in [9.17, 15) is 9.59 Å². The second-order valence-corrected chi connectivity index (χ2v) is 6.87. The summed E-state index contributed by atoms with van der Waals surface area (Å²) in [6.07, 6.45) is 1.72. The quantitative estimate of drug-likeness (QED) is 0.556. The Bertz CT molecular complexity index is 1250. The van der Waals surface area contributed by atoms with Crippen LogP contribution < -0.4 is 10.9 Å². The lowest BCUT2D eigenvalue weighted by molar-refractivity contribution is 0.102. The van der Waals surface area contributed by atoms with E-state index in [0.717, 1.165) is 22.5 Å². The van der Waals surface area contributed by atoms with Gasteiger partial charge in [-0.25, -0.2) is 4.68 Å². The van der Waals surface area contributed by atoms with Crippen molar-refractivity contribution in [1.82, 2.24) is 14.8 Å². The number of carbonyl (C=O) groups excluding carboxylic acids is 1. The lowest BCUT2D eigenvalue weighted by Crippen LogP contribution is -2.23. The van der Waals surface area contributed by atoms with Gasteiger partial charge in [-0.1, -0.05) is 29.8 Å². The van der Waals surface area contributed by atoms with Gasteiger partial charge in [-0.15, -0.1) is 0 Å². The van der Waals surface area contributed by atoms with Crippen molar-refractivity contribution in [3.05, 3.63) is 100 Å². The minimum Gasteiger partial charge on any atom is -0.322 e. The molecule has 4 rings (SSSR count). The molecule has 0 unspecified atom stereocenters. The van der Waals surface area contributed by atoms with Crippen LogP contribution in [0.3, 0.4) is 0 Å². The van der Waals surface area contributed by atoms with Crippen LogP contribution in [-0.2, 0) is 0 Å². The molecule has 4 aromatic rings. The maximum absolute atomic E-state index is 12.6. The Kier molecular flexibility index (Phi) is 4.83. The van der Waals surface area contributed by atoms with Gasteiger partial charge < -0.3 is 10.3 Å². The number of nitrogens with zero attached hydrogens (tertiary/aromatic N) is 2. The topological polar surface area (TPSA) is 79.8 Å². The Hall–Kier alpha value is -3.93. The summed E-state index contributed by atoms with van der Waals surface area (Å²) in [4.78, 5) is 27.9. The summed E-state index contributed by atoms with van der Waals surface area (Å²) in [6.45, 7) is 3.94. The van der Waals surface area contributed by atoms with Gasteiger partial charge in [-0.05, 0) is 61.9 Å². The van der Waals surface area contributed by atoms with Crippen molar-refractivity contribution in [2.45, 2.75) is 13.8 Å². The van der Waals surface area contributed by atoms with Gasteiger partial charge >= 0.3 is 0 Å². The molecule has 1 amide bonds. The SMILES string of the molecule is Cc1cccc(-c2ccc(C(=O)Nc3cccc(-n4nccc4C)c3)c(=O)[nH]2)c1. The molecule has 6 nitrogen and oxygen atoms in total. The molecule has 6 heteroatoms. The van der Waals surface area contributed by atoms with Crippen molar-refractivity contribution < 1.29 is 4.79 Å². The maximum atomic E-state index is 12.6. The fraction of sp³-hybridized carbons (Fsp3) is 0.0870. The number of pyridine rings is 1. The maximum Gasteiger partial charge on any atom is 0.261 e. The molecular formula is C23H20N4O2. The van der Waals surface area contributed by atoms with Crippen molar-refractivity contribution in [1.29, 1.82) is 0 Å². The summed E-state index contributed by atoms with van der Waals surface area (Å²) >= 11 is 0. The summed E-state index contributed by atoms with van der Waals surface area (Å²) in [6, 6.07) is 20.3. The van der Waals surface area contributed by atoms with E-state index in [2.05, 4.69) is 15.4 Å². The number of hydrogen-bond acceptors (Lipinski definition) is 3. The van der Waals surface area contributed by atoms with Crippen molar-refractivity contribution in [3.8, 4) is 16.9 Å². The van der Waals surface area contributed by atoms with Crippen molar-refractivity contribution in [2.75, 3.05) is 5.32 Å². The third kappa shape index (κ3) is 3.87. The minimum absolute atomic E-state index is 0.0575. The predicted octanol–water partition coefficient (Wildman–Crippen LogP) is 4.10. The molecule has 0 bridgehead atoms. The molecule has 0 radical (unpaired) electrons. The van der Waals surface area contributed by atoms with Gasteiger partial charge in [0.2, 0.25) is 0 Å².